The Morgan fingerprint density at radius 3 is 2.85 bits per heavy atom. The highest BCUT2D eigenvalue weighted by Gasteiger charge is 2.72. The van der Waals surface area contributed by atoms with Gasteiger partial charge in [0.15, 0.2) is 5.78 Å². The number of carbonyl (C=O) groups is 1. The highest BCUT2D eigenvalue weighted by atomic mass is 16.1. The third-order valence-electron chi connectivity index (χ3n) is 7.74. The quantitative estimate of drug-likeness (QED) is 0.628. The average Bonchev–Trinajstić information content (AvgIpc) is 3.10. The van der Waals surface area contributed by atoms with Crippen molar-refractivity contribution in [1.29, 1.82) is 0 Å². The zero-order chi connectivity index (χ0) is 13.5. The van der Waals surface area contributed by atoms with Gasteiger partial charge in [0.2, 0.25) is 0 Å². The molecule has 0 aromatic rings. The average molecular weight is 268 g/mol. The van der Waals surface area contributed by atoms with Crippen LogP contribution in [0.3, 0.4) is 0 Å². The summed E-state index contributed by atoms with van der Waals surface area (Å²) in [4.78, 5) is 11.7. The van der Waals surface area contributed by atoms with Gasteiger partial charge >= 0.3 is 0 Å². The molecule has 106 valence electrons. The summed E-state index contributed by atoms with van der Waals surface area (Å²) in [6.45, 7) is 2.59. The molecule has 0 saturated heterocycles. The van der Waals surface area contributed by atoms with Gasteiger partial charge in [-0.3, -0.25) is 4.79 Å². The van der Waals surface area contributed by atoms with Crippen molar-refractivity contribution in [2.75, 3.05) is 0 Å². The zero-order valence-corrected chi connectivity index (χ0v) is 12.5. The van der Waals surface area contributed by atoms with Crippen LogP contribution < -0.4 is 0 Å². The van der Waals surface area contributed by atoms with Crippen molar-refractivity contribution in [3.8, 4) is 0 Å². The van der Waals surface area contributed by atoms with Crippen LogP contribution in [-0.2, 0) is 4.79 Å². The summed E-state index contributed by atoms with van der Waals surface area (Å²) in [6.07, 6.45) is 13.6. The summed E-state index contributed by atoms with van der Waals surface area (Å²) in [6, 6.07) is 0. The van der Waals surface area contributed by atoms with Gasteiger partial charge in [0.05, 0.1) is 0 Å². The van der Waals surface area contributed by atoms with Crippen LogP contribution in [0.25, 0.3) is 0 Å². The fourth-order valence-electron chi connectivity index (χ4n) is 6.72. The van der Waals surface area contributed by atoms with E-state index in [4.69, 9.17) is 0 Å². The lowest BCUT2D eigenvalue weighted by atomic mass is 9.55. The highest BCUT2D eigenvalue weighted by Crippen LogP contribution is 2.81. The Labute approximate surface area is 121 Å². The van der Waals surface area contributed by atoms with Crippen molar-refractivity contribution in [3.63, 3.8) is 0 Å². The molecule has 20 heavy (non-hydrogen) atoms. The Morgan fingerprint density at radius 1 is 1.10 bits per heavy atom. The molecule has 5 aliphatic carbocycles. The number of hydrogen-bond acceptors (Lipinski definition) is 1. The van der Waals surface area contributed by atoms with Gasteiger partial charge in [-0.2, -0.15) is 0 Å². The van der Waals surface area contributed by atoms with Crippen LogP contribution in [0.5, 0.6) is 0 Å². The summed E-state index contributed by atoms with van der Waals surface area (Å²) >= 11 is 0. The Bertz CT molecular complexity index is 581. The molecule has 0 aromatic carbocycles. The minimum Gasteiger partial charge on any atom is -0.295 e. The Hall–Kier alpha value is -0.850. The van der Waals surface area contributed by atoms with Crippen LogP contribution in [0.15, 0.2) is 22.8 Å². The van der Waals surface area contributed by atoms with Crippen LogP contribution in [0.2, 0.25) is 0 Å². The van der Waals surface area contributed by atoms with Crippen LogP contribution in [-0.4, -0.2) is 5.78 Å². The maximum atomic E-state index is 11.7. The van der Waals surface area contributed by atoms with E-state index in [0.29, 0.717) is 16.6 Å². The maximum Gasteiger partial charge on any atom is 0.156 e. The van der Waals surface area contributed by atoms with Crippen LogP contribution >= 0.6 is 0 Å². The zero-order valence-electron chi connectivity index (χ0n) is 12.5. The van der Waals surface area contributed by atoms with E-state index in [1.165, 1.54) is 50.5 Å². The van der Waals surface area contributed by atoms with E-state index in [1.54, 1.807) is 11.1 Å². The molecule has 0 heterocycles. The molecule has 1 heteroatoms. The van der Waals surface area contributed by atoms with Crippen LogP contribution in [0.1, 0.15) is 64.7 Å². The van der Waals surface area contributed by atoms with E-state index in [2.05, 4.69) is 6.92 Å². The number of hydrogen-bond donors (Lipinski definition) is 0. The Morgan fingerprint density at radius 2 is 2.00 bits per heavy atom. The van der Waals surface area contributed by atoms with E-state index in [1.807, 2.05) is 6.08 Å². The molecular formula is C19H24O. The Balaban J connectivity index is 1.63. The standard InChI is InChI=1S/C19H24O/c1-18-8-6-13-11-19(13,18)17-5-2-12-10-14(20)3-4-15(12)16(17)7-9-18/h10,13,17H,2-9,11H2,1H3/t13-,17+,18-,19+/m0/s1. The number of carbonyl (C=O) groups excluding carboxylic acids is 1. The first-order valence-corrected chi connectivity index (χ1v) is 8.60. The fourth-order valence-corrected chi connectivity index (χ4v) is 6.72. The smallest absolute Gasteiger partial charge is 0.156 e. The van der Waals surface area contributed by atoms with Gasteiger partial charge < -0.3 is 0 Å². The summed E-state index contributed by atoms with van der Waals surface area (Å²) in [5, 5.41) is 0. The van der Waals surface area contributed by atoms with Gasteiger partial charge in [-0.15, -0.1) is 0 Å². The molecule has 5 rings (SSSR count). The van der Waals surface area contributed by atoms with Crippen LogP contribution in [0, 0.1) is 22.7 Å². The van der Waals surface area contributed by atoms with Crippen molar-refractivity contribution >= 4 is 5.78 Å². The molecule has 0 amide bonds. The van der Waals surface area contributed by atoms with Crippen molar-refractivity contribution in [3.05, 3.63) is 22.8 Å². The predicted octanol–water partition coefficient (Wildman–Crippen LogP) is 4.58. The number of ketones is 1. The van der Waals surface area contributed by atoms with Crippen molar-refractivity contribution < 1.29 is 4.79 Å². The summed E-state index contributed by atoms with van der Waals surface area (Å²) in [5.41, 5.74) is 6.20. The van der Waals surface area contributed by atoms with Gasteiger partial charge in [-0.25, -0.2) is 0 Å². The number of rotatable bonds is 0. The molecular weight excluding hydrogens is 244 g/mol. The highest BCUT2D eigenvalue weighted by molar-refractivity contribution is 5.93. The molecule has 3 fully saturated rings. The molecule has 5 aliphatic rings. The number of fused-ring (bicyclic) bond motifs is 2. The molecule has 0 N–H and O–H groups in total. The van der Waals surface area contributed by atoms with Gasteiger partial charge in [0, 0.05) is 6.42 Å². The van der Waals surface area contributed by atoms with Gasteiger partial charge in [-0.1, -0.05) is 12.5 Å². The van der Waals surface area contributed by atoms with Crippen molar-refractivity contribution in [1.82, 2.24) is 0 Å². The molecule has 1 nitrogen and oxygen atoms in total. The SMILES string of the molecule is C[C@]12CCC3=C4CCC(=O)C=C4CC[C@H]3[C@]13C[C@@H]3CC2. The van der Waals surface area contributed by atoms with Gasteiger partial charge in [0.25, 0.3) is 0 Å². The molecule has 3 saturated carbocycles. The lowest BCUT2D eigenvalue weighted by Gasteiger charge is -2.50. The molecule has 0 unspecified atom stereocenters. The molecule has 0 bridgehead atoms. The fraction of sp³-hybridized carbons (Fsp3) is 0.737. The summed E-state index contributed by atoms with van der Waals surface area (Å²) in [7, 11) is 0. The second-order valence-corrected chi connectivity index (χ2v) is 8.27. The minimum atomic E-state index is 0.367. The first kappa shape index (κ1) is 11.8. The van der Waals surface area contributed by atoms with Gasteiger partial charge in [-0.05, 0) is 91.3 Å². The molecule has 4 atom stereocenters. The van der Waals surface area contributed by atoms with E-state index in [0.717, 1.165) is 24.7 Å². The maximum absolute atomic E-state index is 11.7. The third kappa shape index (κ3) is 1.20. The topological polar surface area (TPSA) is 17.1 Å². The van der Waals surface area contributed by atoms with E-state index in [9.17, 15) is 4.79 Å². The van der Waals surface area contributed by atoms with Gasteiger partial charge in [0.1, 0.15) is 0 Å². The number of allylic oxidation sites excluding steroid dienone is 4. The lowest BCUT2D eigenvalue weighted by Crippen LogP contribution is -2.40. The van der Waals surface area contributed by atoms with E-state index >= 15 is 0 Å². The third-order valence-corrected chi connectivity index (χ3v) is 7.74. The first-order chi connectivity index (χ1) is 9.64. The molecule has 0 aromatic heterocycles. The normalized spacial score (nSPS) is 49.0. The predicted molar refractivity (Wildman–Crippen MR) is 79.2 cm³/mol. The monoisotopic (exact) mass is 268 g/mol. The lowest BCUT2D eigenvalue weighted by molar-refractivity contribution is -0.114. The second-order valence-electron chi connectivity index (χ2n) is 8.27. The molecule has 0 radical (unpaired) electrons. The van der Waals surface area contributed by atoms with E-state index < -0.39 is 0 Å². The Kier molecular flexibility index (Phi) is 2.05. The first-order valence-electron chi connectivity index (χ1n) is 8.60. The van der Waals surface area contributed by atoms with Crippen molar-refractivity contribution in [2.45, 2.75) is 64.7 Å². The van der Waals surface area contributed by atoms with Crippen molar-refractivity contribution in [2.24, 2.45) is 22.7 Å². The van der Waals surface area contributed by atoms with Crippen LogP contribution in [0.4, 0.5) is 0 Å². The molecule has 0 aliphatic heterocycles. The molecule has 1 spiro atoms. The van der Waals surface area contributed by atoms with E-state index in [-0.39, 0.29) is 0 Å². The summed E-state index contributed by atoms with van der Waals surface area (Å²) < 4.78 is 0. The minimum absolute atomic E-state index is 0.367. The largest absolute Gasteiger partial charge is 0.295 e. The second kappa shape index (κ2) is 3.48. The summed E-state index contributed by atoms with van der Waals surface area (Å²) in [5.74, 6) is 2.30.